The van der Waals surface area contributed by atoms with Crippen molar-refractivity contribution in [3.05, 3.63) is 71.4 Å². The van der Waals surface area contributed by atoms with Crippen molar-refractivity contribution in [1.29, 1.82) is 0 Å². The molecule has 0 spiro atoms. The molecule has 3 heterocycles. The molecule has 0 N–H and O–H groups in total. The van der Waals surface area contributed by atoms with Gasteiger partial charge >= 0.3 is 0 Å². The predicted molar refractivity (Wildman–Crippen MR) is 104 cm³/mol. The van der Waals surface area contributed by atoms with Crippen molar-refractivity contribution in [2.45, 2.75) is 19.9 Å². The smallest absolute Gasteiger partial charge is 0.264 e. The monoisotopic (exact) mass is 393 g/mol. The normalized spacial score (nSPS) is 12.8. The molecule has 1 aliphatic heterocycles. The highest BCUT2D eigenvalue weighted by Crippen LogP contribution is 2.38. The third kappa shape index (κ3) is 3.08. The first-order chi connectivity index (χ1) is 14.1. The molecule has 0 saturated heterocycles. The average molecular weight is 393 g/mol. The lowest BCUT2D eigenvalue weighted by molar-refractivity contribution is 0.153. The lowest BCUT2D eigenvalue weighted by atomic mass is 10.1. The van der Waals surface area contributed by atoms with E-state index >= 15 is 0 Å². The summed E-state index contributed by atoms with van der Waals surface area (Å²) in [6.45, 7) is 2.33. The molecule has 7 heteroatoms. The molecule has 0 radical (unpaired) electrons. The van der Waals surface area contributed by atoms with Crippen molar-refractivity contribution in [3.8, 4) is 22.8 Å². The minimum atomic E-state index is -2.64. The number of hydrogen-bond acceptors (Lipinski definition) is 4. The van der Waals surface area contributed by atoms with Crippen LogP contribution in [0.1, 0.15) is 23.2 Å². The molecule has 29 heavy (non-hydrogen) atoms. The summed E-state index contributed by atoms with van der Waals surface area (Å²) >= 11 is 0. The molecule has 2 aromatic heterocycles. The Morgan fingerprint density at radius 2 is 1.83 bits per heavy atom. The molecule has 0 atom stereocenters. The molecule has 5 nitrogen and oxygen atoms in total. The van der Waals surface area contributed by atoms with Crippen LogP contribution in [-0.4, -0.2) is 21.6 Å². The first-order valence-corrected chi connectivity index (χ1v) is 9.20. The predicted octanol–water partition coefficient (Wildman–Crippen LogP) is 5.12. The molecule has 0 aliphatic carbocycles. The molecule has 5 rings (SSSR count). The zero-order valence-corrected chi connectivity index (χ0v) is 15.6. The highest BCUT2D eigenvalue weighted by atomic mass is 19.3. The first-order valence-electron chi connectivity index (χ1n) is 9.20. The summed E-state index contributed by atoms with van der Waals surface area (Å²) < 4.78 is 40.3. The van der Waals surface area contributed by atoms with Crippen molar-refractivity contribution in [2.24, 2.45) is 0 Å². The second kappa shape index (κ2) is 6.84. The van der Waals surface area contributed by atoms with Gasteiger partial charge < -0.3 is 9.47 Å². The van der Waals surface area contributed by atoms with Crippen LogP contribution in [0.15, 0.2) is 54.6 Å². The number of benzene rings is 2. The second-order valence-corrected chi connectivity index (χ2v) is 6.89. The fourth-order valence-electron chi connectivity index (χ4n) is 3.63. The quantitative estimate of drug-likeness (QED) is 0.483. The van der Waals surface area contributed by atoms with E-state index in [9.17, 15) is 8.78 Å². The summed E-state index contributed by atoms with van der Waals surface area (Å²) in [7, 11) is 0. The highest BCUT2D eigenvalue weighted by molar-refractivity contribution is 5.85. The van der Waals surface area contributed by atoms with Crippen LogP contribution in [0, 0.1) is 6.92 Å². The van der Waals surface area contributed by atoms with E-state index in [1.807, 2.05) is 30.3 Å². The number of nitrogens with zero attached hydrogens (tertiary/aromatic N) is 3. The summed E-state index contributed by atoms with van der Waals surface area (Å²) in [5.41, 5.74) is 3.06. The van der Waals surface area contributed by atoms with Crippen molar-refractivity contribution < 1.29 is 18.3 Å². The number of halogens is 2. The van der Waals surface area contributed by atoms with Crippen molar-refractivity contribution >= 4 is 11.0 Å². The Balaban J connectivity index is 1.68. The summed E-state index contributed by atoms with van der Waals surface area (Å²) in [5, 5.41) is 4.90. The zero-order valence-electron chi connectivity index (χ0n) is 15.6. The number of ether oxygens (including phenoxy) is 2. The third-order valence-corrected chi connectivity index (χ3v) is 4.99. The Kier molecular flexibility index (Phi) is 4.16. The fourth-order valence-corrected chi connectivity index (χ4v) is 3.63. The van der Waals surface area contributed by atoms with Gasteiger partial charge in [-0.1, -0.05) is 30.3 Å². The molecular formula is C22H17F2N3O2. The van der Waals surface area contributed by atoms with Crippen LogP contribution in [0.25, 0.3) is 22.3 Å². The van der Waals surface area contributed by atoms with Gasteiger partial charge in [0, 0.05) is 11.1 Å². The van der Waals surface area contributed by atoms with Gasteiger partial charge in [-0.25, -0.2) is 18.4 Å². The number of rotatable bonds is 4. The number of pyridine rings is 1. The summed E-state index contributed by atoms with van der Waals surface area (Å²) in [4.78, 5) is 4.70. The molecule has 0 unspecified atom stereocenters. The summed E-state index contributed by atoms with van der Waals surface area (Å²) in [5.74, 6) is 1.21. The van der Waals surface area contributed by atoms with E-state index in [-0.39, 0.29) is 12.4 Å². The maximum Gasteiger partial charge on any atom is 0.264 e. The van der Waals surface area contributed by atoms with Gasteiger partial charge in [-0.3, -0.25) is 0 Å². The summed E-state index contributed by atoms with van der Waals surface area (Å²) in [6, 6.07) is 16.5. The number of aromatic nitrogens is 3. The maximum atomic E-state index is 13.9. The topological polar surface area (TPSA) is 49.2 Å². The molecule has 0 saturated carbocycles. The largest absolute Gasteiger partial charge is 0.454 e. The molecule has 1 aliphatic rings. The average Bonchev–Trinajstić information content (AvgIpc) is 3.32. The van der Waals surface area contributed by atoms with Crippen molar-refractivity contribution in [1.82, 2.24) is 14.8 Å². The third-order valence-electron chi connectivity index (χ3n) is 4.99. The molecular weight excluding hydrogens is 376 g/mol. The van der Waals surface area contributed by atoms with Crippen LogP contribution < -0.4 is 9.47 Å². The SMILES string of the molecule is Cc1nn(Cc2ccccc2)c2nc(-c3ccc4c(c3)OCO4)cc(C(F)F)c12. The molecule has 2 aromatic carbocycles. The molecule has 0 bridgehead atoms. The van der Waals surface area contributed by atoms with Crippen LogP contribution in [0.5, 0.6) is 11.5 Å². The van der Waals surface area contributed by atoms with E-state index in [4.69, 9.17) is 14.5 Å². The maximum absolute atomic E-state index is 13.9. The van der Waals surface area contributed by atoms with Gasteiger partial charge in [0.2, 0.25) is 6.79 Å². The van der Waals surface area contributed by atoms with E-state index in [2.05, 4.69) is 5.10 Å². The van der Waals surface area contributed by atoms with Crippen LogP contribution >= 0.6 is 0 Å². The van der Waals surface area contributed by atoms with Gasteiger partial charge in [-0.15, -0.1) is 0 Å². The minimum absolute atomic E-state index is 0.0699. The van der Waals surface area contributed by atoms with Gasteiger partial charge in [0.15, 0.2) is 17.1 Å². The minimum Gasteiger partial charge on any atom is -0.454 e. The number of alkyl halides is 2. The molecule has 0 fully saturated rings. The number of hydrogen-bond donors (Lipinski definition) is 0. The Morgan fingerprint density at radius 1 is 1.03 bits per heavy atom. The lowest BCUT2D eigenvalue weighted by Crippen LogP contribution is -2.03. The van der Waals surface area contributed by atoms with Crippen LogP contribution in [0.3, 0.4) is 0 Å². The van der Waals surface area contributed by atoms with Gasteiger partial charge in [0.25, 0.3) is 6.43 Å². The van der Waals surface area contributed by atoms with Crippen molar-refractivity contribution in [2.75, 3.05) is 6.79 Å². The van der Waals surface area contributed by atoms with E-state index in [0.29, 0.717) is 46.0 Å². The molecule has 0 amide bonds. The molecule has 146 valence electrons. The van der Waals surface area contributed by atoms with Crippen LogP contribution in [0.2, 0.25) is 0 Å². The Labute approximate surface area is 165 Å². The van der Waals surface area contributed by atoms with Gasteiger partial charge in [-0.2, -0.15) is 5.10 Å². The van der Waals surface area contributed by atoms with Crippen molar-refractivity contribution in [3.63, 3.8) is 0 Å². The van der Waals surface area contributed by atoms with E-state index < -0.39 is 6.43 Å². The van der Waals surface area contributed by atoms with E-state index in [0.717, 1.165) is 5.56 Å². The number of fused-ring (bicyclic) bond motifs is 2. The Hall–Kier alpha value is -3.48. The van der Waals surface area contributed by atoms with Crippen LogP contribution in [0.4, 0.5) is 8.78 Å². The Bertz CT molecular complexity index is 1210. The van der Waals surface area contributed by atoms with E-state index in [1.165, 1.54) is 6.07 Å². The second-order valence-electron chi connectivity index (χ2n) is 6.89. The summed E-state index contributed by atoms with van der Waals surface area (Å²) in [6.07, 6.45) is -2.64. The van der Waals surface area contributed by atoms with Crippen LogP contribution in [-0.2, 0) is 6.54 Å². The number of aryl methyl sites for hydroxylation is 1. The van der Waals surface area contributed by atoms with Gasteiger partial charge in [-0.05, 0) is 36.8 Å². The zero-order chi connectivity index (χ0) is 20.0. The highest BCUT2D eigenvalue weighted by Gasteiger charge is 2.22. The van der Waals surface area contributed by atoms with E-state index in [1.54, 1.807) is 29.8 Å². The Morgan fingerprint density at radius 3 is 2.62 bits per heavy atom. The molecule has 4 aromatic rings. The van der Waals surface area contributed by atoms with Gasteiger partial charge in [0.05, 0.1) is 23.3 Å². The fraction of sp³-hybridized carbons (Fsp3) is 0.182. The lowest BCUT2D eigenvalue weighted by Gasteiger charge is -2.09. The standard InChI is InChI=1S/C22H17F2N3O2/c1-13-20-16(21(23)24)10-17(15-7-8-18-19(9-15)29-12-28-18)25-22(20)27(26-13)11-14-5-3-2-4-6-14/h2-10,21H,11-12H2,1H3. The first kappa shape index (κ1) is 17.6. The van der Waals surface area contributed by atoms with Gasteiger partial charge in [0.1, 0.15) is 0 Å².